The molecule has 0 saturated carbocycles. The van der Waals surface area contributed by atoms with E-state index >= 15 is 0 Å². The van der Waals surface area contributed by atoms with Gasteiger partial charge in [-0.1, -0.05) is 31.9 Å². The summed E-state index contributed by atoms with van der Waals surface area (Å²) in [4.78, 5) is 0. The van der Waals surface area contributed by atoms with Crippen molar-refractivity contribution in [1.82, 2.24) is 0 Å². The summed E-state index contributed by atoms with van der Waals surface area (Å²) in [6.07, 6.45) is 5.20. The third kappa shape index (κ3) is 3.67. The summed E-state index contributed by atoms with van der Waals surface area (Å²) >= 11 is 0. The summed E-state index contributed by atoms with van der Waals surface area (Å²) in [6, 6.07) is 0. The van der Waals surface area contributed by atoms with Crippen molar-refractivity contribution in [2.45, 2.75) is 52.9 Å². The summed E-state index contributed by atoms with van der Waals surface area (Å²) in [5, 5.41) is 20.8. The average Bonchev–Trinajstić information content (AvgIpc) is 2.49. The first-order valence-corrected chi connectivity index (χ1v) is 7.70. The maximum Gasteiger partial charge on any atom is 0.207 e. The van der Waals surface area contributed by atoms with Crippen LogP contribution in [0, 0.1) is 6.92 Å². The number of phenolic OH excluding ortho intramolecular Hbond substituents is 2. The first-order chi connectivity index (χ1) is 10.4. The molecule has 0 saturated heterocycles. The van der Waals surface area contributed by atoms with Gasteiger partial charge in [-0.3, -0.25) is 0 Å². The van der Waals surface area contributed by atoms with E-state index in [1.54, 1.807) is 6.92 Å². The van der Waals surface area contributed by atoms with Crippen LogP contribution in [0.3, 0.4) is 0 Å². The van der Waals surface area contributed by atoms with Crippen molar-refractivity contribution in [2.24, 2.45) is 0 Å². The minimum Gasteiger partial charge on any atom is -0.504 e. The first-order valence-electron chi connectivity index (χ1n) is 7.70. The SMILES string of the molecule is CCC/C(C)=C/CC(C)c1c(C)c(O)c(OC)c(OC)c1O. The van der Waals surface area contributed by atoms with Crippen molar-refractivity contribution in [3.05, 3.63) is 22.8 Å². The van der Waals surface area contributed by atoms with Crippen molar-refractivity contribution < 1.29 is 19.7 Å². The van der Waals surface area contributed by atoms with Crippen molar-refractivity contribution in [1.29, 1.82) is 0 Å². The highest BCUT2D eigenvalue weighted by Gasteiger charge is 2.25. The highest BCUT2D eigenvalue weighted by Crippen LogP contribution is 2.50. The molecule has 0 aliphatic rings. The fourth-order valence-corrected chi connectivity index (χ4v) is 2.79. The highest BCUT2D eigenvalue weighted by atomic mass is 16.5. The van der Waals surface area contributed by atoms with Crippen LogP contribution in [0.15, 0.2) is 11.6 Å². The zero-order valence-electron chi connectivity index (χ0n) is 14.5. The van der Waals surface area contributed by atoms with E-state index in [4.69, 9.17) is 9.47 Å². The van der Waals surface area contributed by atoms with E-state index in [2.05, 4.69) is 19.9 Å². The molecule has 0 heterocycles. The number of ether oxygens (including phenoxy) is 2. The third-order valence-electron chi connectivity index (χ3n) is 4.02. The molecule has 0 fully saturated rings. The maximum absolute atomic E-state index is 10.5. The minimum atomic E-state index is 0.0215. The van der Waals surface area contributed by atoms with Gasteiger partial charge >= 0.3 is 0 Å². The lowest BCUT2D eigenvalue weighted by molar-refractivity contribution is 0.312. The minimum absolute atomic E-state index is 0.0215. The Morgan fingerprint density at radius 1 is 1.14 bits per heavy atom. The zero-order valence-corrected chi connectivity index (χ0v) is 14.5. The van der Waals surface area contributed by atoms with Crippen LogP contribution in [0.25, 0.3) is 0 Å². The fraction of sp³-hybridized carbons (Fsp3) is 0.556. The van der Waals surface area contributed by atoms with Crippen LogP contribution in [0.2, 0.25) is 0 Å². The van der Waals surface area contributed by atoms with Gasteiger partial charge in [0.25, 0.3) is 0 Å². The fourth-order valence-electron chi connectivity index (χ4n) is 2.79. The number of hydrogen-bond donors (Lipinski definition) is 2. The standard InChI is InChI=1S/C18H28O4/c1-7-8-11(2)9-10-12(3)14-13(4)15(19)17(21-5)18(22-6)16(14)20/h9,12,19-20H,7-8,10H2,1-6H3/b11-9+. The van der Waals surface area contributed by atoms with Gasteiger partial charge in [-0.25, -0.2) is 0 Å². The largest absolute Gasteiger partial charge is 0.504 e. The van der Waals surface area contributed by atoms with Crippen LogP contribution >= 0.6 is 0 Å². The molecule has 0 aliphatic heterocycles. The van der Waals surface area contributed by atoms with Gasteiger partial charge in [0.05, 0.1) is 14.2 Å². The van der Waals surface area contributed by atoms with Gasteiger partial charge in [0.2, 0.25) is 11.5 Å². The van der Waals surface area contributed by atoms with E-state index in [0.29, 0.717) is 11.1 Å². The molecule has 2 N–H and O–H groups in total. The number of methoxy groups -OCH3 is 2. The van der Waals surface area contributed by atoms with E-state index in [9.17, 15) is 10.2 Å². The molecule has 4 nitrogen and oxygen atoms in total. The summed E-state index contributed by atoms with van der Waals surface area (Å²) in [7, 11) is 2.89. The number of aromatic hydroxyl groups is 2. The van der Waals surface area contributed by atoms with Crippen molar-refractivity contribution in [3.8, 4) is 23.0 Å². The average molecular weight is 308 g/mol. The Hall–Kier alpha value is -1.84. The van der Waals surface area contributed by atoms with E-state index in [-0.39, 0.29) is 28.9 Å². The first kappa shape index (κ1) is 18.2. The van der Waals surface area contributed by atoms with Crippen molar-refractivity contribution >= 4 is 0 Å². The van der Waals surface area contributed by atoms with E-state index in [0.717, 1.165) is 19.3 Å². The number of rotatable bonds is 7. The number of phenols is 2. The molecule has 0 aliphatic carbocycles. The lowest BCUT2D eigenvalue weighted by atomic mass is 9.90. The molecule has 1 rings (SSSR count). The van der Waals surface area contributed by atoms with Gasteiger partial charge < -0.3 is 19.7 Å². The Labute approximate surface area is 133 Å². The molecule has 0 spiro atoms. The molecule has 0 aromatic heterocycles. The Kier molecular flexibility index (Phi) is 6.60. The van der Waals surface area contributed by atoms with Gasteiger partial charge in [0, 0.05) is 11.1 Å². The second kappa shape index (κ2) is 7.97. The van der Waals surface area contributed by atoms with Gasteiger partial charge in [-0.05, 0) is 32.6 Å². The third-order valence-corrected chi connectivity index (χ3v) is 4.02. The lowest BCUT2D eigenvalue weighted by Gasteiger charge is -2.21. The summed E-state index contributed by atoms with van der Waals surface area (Å²) in [6.45, 7) is 8.09. The van der Waals surface area contributed by atoms with Crippen LogP contribution in [-0.4, -0.2) is 24.4 Å². The Balaban J connectivity index is 3.24. The van der Waals surface area contributed by atoms with E-state index in [1.807, 2.05) is 6.92 Å². The molecule has 0 bridgehead atoms. The normalized spacial score (nSPS) is 13.1. The molecule has 1 aromatic rings. The number of hydrogen-bond acceptors (Lipinski definition) is 4. The van der Waals surface area contributed by atoms with Crippen molar-refractivity contribution in [2.75, 3.05) is 14.2 Å². The topological polar surface area (TPSA) is 58.9 Å². The van der Waals surface area contributed by atoms with Crippen molar-refractivity contribution in [3.63, 3.8) is 0 Å². The Bertz CT molecular complexity index is 547. The second-order valence-corrected chi connectivity index (χ2v) is 5.74. The molecule has 1 aromatic carbocycles. The smallest absolute Gasteiger partial charge is 0.207 e. The summed E-state index contributed by atoms with van der Waals surface area (Å²) in [5.74, 6) is 0.488. The predicted molar refractivity (Wildman–Crippen MR) is 89.3 cm³/mol. The van der Waals surface area contributed by atoms with Crippen LogP contribution in [-0.2, 0) is 0 Å². The van der Waals surface area contributed by atoms with Gasteiger partial charge in [-0.2, -0.15) is 0 Å². The molecular weight excluding hydrogens is 280 g/mol. The molecule has 1 unspecified atom stereocenters. The summed E-state index contributed by atoms with van der Waals surface area (Å²) in [5.41, 5.74) is 2.68. The molecule has 22 heavy (non-hydrogen) atoms. The van der Waals surface area contributed by atoms with Crippen LogP contribution in [0.5, 0.6) is 23.0 Å². The van der Waals surface area contributed by atoms with Gasteiger partial charge in [0.1, 0.15) is 0 Å². The Morgan fingerprint density at radius 3 is 2.18 bits per heavy atom. The molecule has 0 radical (unpaired) electrons. The number of allylic oxidation sites excluding steroid dienone is 2. The maximum atomic E-state index is 10.5. The molecule has 1 atom stereocenters. The molecule has 124 valence electrons. The van der Waals surface area contributed by atoms with Gasteiger partial charge in [0.15, 0.2) is 11.5 Å². The highest BCUT2D eigenvalue weighted by molar-refractivity contribution is 5.66. The quantitative estimate of drug-likeness (QED) is 0.568. The van der Waals surface area contributed by atoms with Crippen LogP contribution < -0.4 is 9.47 Å². The van der Waals surface area contributed by atoms with E-state index < -0.39 is 0 Å². The van der Waals surface area contributed by atoms with E-state index in [1.165, 1.54) is 19.8 Å². The van der Waals surface area contributed by atoms with Crippen LogP contribution in [0.4, 0.5) is 0 Å². The van der Waals surface area contributed by atoms with Crippen LogP contribution in [0.1, 0.15) is 57.1 Å². The number of benzene rings is 1. The second-order valence-electron chi connectivity index (χ2n) is 5.74. The Morgan fingerprint density at radius 2 is 1.68 bits per heavy atom. The van der Waals surface area contributed by atoms with Gasteiger partial charge in [-0.15, -0.1) is 0 Å². The molecule has 0 amide bonds. The lowest BCUT2D eigenvalue weighted by Crippen LogP contribution is -2.02. The predicted octanol–water partition coefficient (Wildman–Crippen LogP) is 4.66. The molecular formula is C18H28O4. The zero-order chi connectivity index (χ0) is 16.9. The monoisotopic (exact) mass is 308 g/mol. The summed E-state index contributed by atoms with van der Waals surface area (Å²) < 4.78 is 10.4. The molecule has 4 heteroatoms.